The quantitative estimate of drug-likeness (QED) is 0.917. The number of aliphatic carboxylic acids is 1. The number of halogens is 1. The zero-order chi connectivity index (χ0) is 15.3. The van der Waals surface area contributed by atoms with Crippen molar-refractivity contribution in [1.29, 1.82) is 0 Å². The summed E-state index contributed by atoms with van der Waals surface area (Å²) in [6.45, 7) is 0.777. The number of benzene rings is 1. The van der Waals surface area contributed by atoms with Crippen molar-refractivity contribution in [3.63, 3.8) is 0 Å². The Morgan fingerprint density at radius 2 is 2.23 bits per heavy atom. The summed E-state index contributed by atoms with van der Waals surface area (Å²) < 4.78 is 16.2. The van der Waals surface area contributed by atoms with Crippen LogP contribution in [0.2, 0.25) is 0 Å². The van der Waals surface area contributed by atoms with Gasteiger partial charge in [-0.05, 0) is 55.0 Å². The van der Waals surface area contributed by atoms with E-state index in [-0.39, 0.29) is 18.2 Å². The second-order valence-corrected chi connectivity index (χ2v) is 6.31. The maximum atomic E-state index is 14.1. The fourth-order valence-electron chi connectivity index (χ4n) is 3.96. The molecule has 1 N–H and O–H groups in total. The molecular formula is C18H18FNO2. The van der Waals surface area contributed by atoms with Gasteiger partial charge in [0, 0.05) is 23.5 Å². The van der Waals surface area contributed by atoms with Crippen molar-refractivity contribution < 1.29 is 14.3 Å². The molecule has 0 bridgehead atoms. The van der Waals surface area contributed by atoms with Gasteiger partial charge in [0.05, 0.1) is 11.9 Å². The molecule has 3 nitrogen and oxygen atoms in total. The van der Waals surface area contributed by atoms with Crippen LogP contribution in [0.4, 0.5) is 4.39 Å². The highest BCUT2D eigenvalue weighted by atomic mass is 19.1. The van der Waals surface area contributed by atoms with E-state index in [0.717, 1.165) is 54.4 Å². The SMILES string of the molecule is O=C(O)CC1CCn2c1cc1c(C3=CCCC3)cc(F)cc12. The van der Waals surface area contributed by atoms with Crippen LogP contribution >= 0.6 is 0 Å². The monoisotopic (exact) mass is 299 g/mol. The second-order valence-electron chi connectivity index (χ2n) is 6.31. The van der Waals surface area contributed by atoms with Gasteiger partial charge < -0.3 is 9.67 Å². The van der Waals surface area contributed by atoms with Crippen molar-refractivity contribution in [2.24, 2.45) is 0 Å². The fourth-order valence-corrected chi connectivity index (χ4v) is 3.96. The Labute approximate surface area is 128 Å². The number of carbonyl (C=O) groups is 1. The third-order valence-corrected chi connectivity index (χ3v) is 4.95. The number of fused-ring (bicyclic) bond motifs is 3. The zero-order valence-electron chi connectivity index (χ0n) is 12.3. The summed E-state index contributed by atoms with van der Waals surface area (Å²) in [5, 5.41) is 10.1. The lowest BCUT2D eigenvalue weighted by atomic mass is 9.97. The number of carboxylic acids is 1. The number of rotatable bonds is 3. The van der Waals surface area contributed by atoms with Crippen LogP contribution in [-0.2, 0) is 11.3 Å². The van der Waals surface area contributed by atoms with E-state index in [1.807, 2.05) is 0 Å². The predicted octanol–water partition coefficient (Wildman–Crippen LogP) is 4.31. The molecule has 1 aromatic heterocycles. The average molecular weight is 299 g/mol. The van der Waals surface area contributed by atoms with E-state index in [0.29, 0.717) is 0 Å². The average Bonchev–Trinajstić information content (AvgIpc) is 3.16. The molecule has 114 valence electrons. The van der Waals surface area contributed by atoms with E-state index < -0.39 is 5.97 Å². The molecule has 4 heteroatoms. The molecule has 0 saturated heterocycles. The summed E-state index contributed by atoms with van der Waals surface area (Å²) in [7, 11) is 0. The highest BCUT2D eigenvalue weighted by molar-refractivity contribution is 5.94. The lowest BCUT2D eigenvalue weighted by Gasteiger charge is -2.07. The fraction of sp³-hybridized carbons (Fsp3) is 0.389. The van der Waals surface area contributed by atoms with E-state index in [4.69, 9.17) is 5.11 Å². The van der Waals surface area contributed by atoms with Gasteiger partial charge in [-0.15, -0.1) is 0 Å². The van der Waals surface area contributed by atoms with Crippen LogP contribution < -0.4 is 0 Å². The molecule has 0 spiro atoms. The summed E-state index contributed by atoms with van der Waals surface area (Å²) in [4.78, 5) is 11.0. The lowest BCUT2D eigenvalue weighted by molar-refractivity contribution is -0.137. The smallest absolute Gasteiger partial charge is 0.304 e. The molecule has 1 aliphatic heterocycles. The lowest BCUT2D eigenvalue weighted by Crippen LogP contribution is -2.02. The number of allylic oxidation sites excluding steroid dienone is 2. The number of aromatic nitrogens is 1. The summed E-state index contributed by atoms with van der Waals surface area (Å²) in [6, 6.07) is 5.30. The minimum absolute atomic E-state index is 0.0402. The van der Waals surface area contributed by atoms with Gasteiger partial charge in [-0.3, -0.25) is 4.79 Å². The molecule has 2 heterocycles. The Balaban J connectivity index is 1.88. The molecule has 2 aromatic rings. The summed E-state index contributed by atoms with van der Waals surface area (Å²) >= 11 is 0. The van der Waals surface area contributed by atoms with Crippen LogP contribution in [0.15, 0.2) is 24.3 Å². The molecular weight excluding hydrogens is 281 g/mol. The first kappa shape index (κ1) is 13.6. The highest BCUT2D eigenvalue weighted by Crippen LogP contribution is 2.40. The molecule has 0 saturated carbocycles. The molecule has 4 rings (SSSR count). The first-order chi connectivity index (χ1) is 10.6. The number of aryl methyl sites for hydroxylation is 1. The van der Waals surface area contributed by atoms with Gasteiger partial charge in [0.1, 0.15) is 5.82 Å². The number of nitrogens with zero attached hydrogens (tertiary/aromatic N) is 1. The van der Waals surface area contributed by atoms with Gasteiger partial charge >= 0.3 is 5.97 Å². The predicted molar refractivity (Wildman–Crippen MR) is 83.3 cm³/mol. The number of hydrogen-bond acceptors (Lipinski definition) is 1. The second kappa shape index (κ2) is 4.97. The standard InChI is InChI=1S/C18H18FNO2/c19-13-8-14(11-3-1-2-4-11)15-10-16-12(7-18(21)22)5-6-20(16)17(15)9-13/h3,8-10,12H,1-2,4-7H2,(H,21,22). The van der Waals surface area contributed by atoms with Gasteiger partial charge in [-0.1, -0.05) is 6.08 Å². The van der Waals surface area contributed by atoms with Gasteiger partial charge in [0.15, 0.2) is 0 Å². The van der Waals surface area contributed by atoms with Gasteiger partial charge in [0.2, 0.25) is 0 Å². The minimum Gasteiger partial charge on any atom is -0.481 e. The Hall–Kier alpha value is -2.10. The Kier molecular flexibility index (Phi) is 3.06. The molecule has 1 aromatic carbocycles. The molecule has 1 atom stereocenters. The highest BCUT2D eigenvalue weighted by Gasteiger charge is 2.28. The van der Waals surface area contributed by atoms with Crippen LogP contribution in [0.3, 0.4) is 0 Å². The van der Waals surface area contributed by atoms with Crippen molar-refractivity contribution >= 4 is 22.4 Å². The molecule has 1 aliphatic carbocycles. The molecule has 0 fully saturated rings. The van der Waals surface area contributed by atoms with E-state index in [1.165, 1.54) is 5.57 Å². The molecule has 1 unspecified atom stereocenters. The van der Waals surface area contributed by atoms with Crippen LogP contribution in [-0.4, -0.2) is 15.6 Å². The zero-order valence-corrected chi connectivity index (χ0v) is 12.3. The first-order valence-electron chi connectivity index (χ1n) is 7.87. The summed E-state index contributed by atoms with van der Waals surface area (Å²) in [6.07, 6.45) is 6.36. The van der Waals surface area contributed by atoms with Crippen LogP contribution in [0.1, 0.15) is 49.3 Å². The van der Waals surface area contributed by atoms with E-state index in [1.54, 1.807) is 12.1 Å². The maximum absolute atomic E-state index is 14.1. The van der Waals surface area contributed by atoms with Gasteiger partial charge in [-0.2, -0.15) is 0 Å². The first-order valence-corrected chi connectivity index (χ1v) is 7.87. The van der Waals surface area contributed by atoms with Crippen molar-refractivity contribution in [3.05, 3.63) is 41.3 Å². The van der Waals surface area contributed by atoms with Crippen LogP contribution in [0.5, 0.6) is 0 Å². The maximum Gasteiger partial charge on any atom is 0.304 e. The third kappa shape index (κ3) is 2.05. The van der Waals surface area contributed by atoms with Crippen LogP contribution in [0, 0.1) is 5.82 Å². The van der Waals surface area contributed by atoms with Crippen molar-refractivity contribution in [1.82, 2.24) is 4.57 Å². The van der Waals surface area contributed by atoms with Crippen molar-refractivity contribution in [2.45, 2.75) is 44.6 Å². The Morgan fingerprint density at radius 1 is 1.36 bits per heavy atom. The molecule has 0 radical (unpaired) electrons. The Bertz CT molecular complexity index is 803. The Morgan fingerprint density at radius 3 is 2.95 bits per heavy atom. The third-order valence-electron chi connectivity index (χ3n) is 4.95. The van der Waals surface area contributed by atoms with Crippen molar-refractivity contribution in [3.8, 4) is 0 Å². The molecule has 2 aliphatic rings. The van der Waals surface area contributed by atoms with Crippen molar-refractivity contribution in [2.75, 3.05) is 0 Å². The van der Waals surface area contributed by atoms with Crippen LogP contribution in [0.25, 0.3) is 16.5 Å². The van der Waals surface area contributed by atoms with E-state index in [9.17, 15) is 9.18 Å². The molecule has 22 heavy (non-hydrogen) atoms. The van der Waals surface area contributed by atoms with Gasteiger partial charge in [0.25, 0.3) is 0 Å². The molecule has 0 amide bonds. The topological polar surface area (TPSA) is 42.2 Å². The van der Waals surface area contributed by atoms with E-state index in [2.05, 4.69) is 16.7 Å². The normalized spacial score (nSPS) is 20.4. The summed E-state index contributed by atoms with van der Waals surface area (Å²) in [5.41, 5.74) is 4.17. The largest absolute Gasteiger partial charge is 0.481 e. The van der Waals surface area contributed by atoms with E-state index >= 15 is 0 Å². The number of hydrogen-bond donors (Lipinski definition) is 1. The summed E-state index contributed by atoms with van der Waals surface area (Å²) in [5.74, 6) is -0.940. The van der Waals surface area contributed by atoms with Gasteiger partial charge in [-0.25, -0.2) is 4.39 Å². The minimum atomic E-state index is -0.770. The number of carboxylic acid groups (broad SMARTS) is 1.